The van der Waals surface area contributed by atoms with Gasteiger partial charge in [-0.3, -0.25) is 0 Å². The molecule has 8 nitrogen and oxygen atoms in total. The third-order valence-electron chi connectivity index (χ3n) is 5.03. The maximum Gasteiger partial charge on any atom is 0.453 e. The molecule has 1 saturated heterocycles. The van der Waals surface area contributed by atoms with Crippen LogP contribution in [0.5, 0.6) is 0 Å². The van der Waals surface area contributed by atoms with E-state index in [2.05, 4.69) is 20.1 Å². The van der Waals surface area contributed by atoms with Crippen LogP contribution in [0.3, 0.4) is 0 Å². The monoisotopic (exact) mass is 395 g/mol. The number of aryl methyl sites for hydroxylation is 2. The number of anilines is 1. The van der Waals surface area contributed by atoms with E-state index in [1.165, 1.54) is 0 Å². The van der Waals surface area contributed by atoms with Crippen molar-refractivity contribution in [1.29, 1.82) is 0 Å². The van der Waals surface area contributed by atoms with Gasteiger partial charge >= 0.3 is 6.18 Å². The molecule has 2 unspecified atom stereocenters. The SMILES string of the molecule is Cc1cc(N2CCCC(C(O)c3nccn3C)C2)n2nc(C(F)(F)F)nc2n1. The molecule has 11 heteroatoms. The van der Waals surface area contributed by atoms with Crippen LogP contribution in [0.25, 0.3) is 5.78 Å². The number of piperidine rings is 1. The second kappa shape index (κ2) is 6.73. The first kappa shape index (κ1) is 18.7. The van der Waals surface area contributed by atoms with E-state index in [1.54, 1.807) is 30.0 Å². The van der Waals surface area contributed by atoms with Crippen LogP contribution in [0.4, 0.5) is 19.0 Å². The number of imidazole rings is 1. The summed E-state index contributed by atoms with van der Waals surface area (Å²) in [6.07, 6.45) is -0.426. The minimum atomic E-state index is -4.64. The standard InChI is InChI=1S/C17H20F3N7O/c1-10-8-12(27-16(22-10)23-15(24-27)17(18,19)20)26-6-3-4-11(9-26)13(28)14-21-5-7-25(14)2/h5,7-8,11,13,28H,3-4,6,9H2,1-2H3. The summed E-state index contributed by atoms with van der Waals surface area (Å²) in [5.41, 5.74) is 0.551. The third-order valence-corrected chi connectivity index (χ3v) is 5.03. The molecular weight excluding hydrogens is 375 g/mol. The lowest BCUT2D eigenvalue weighted by Gasteiger charge is -2.36. The summed E-state index contributed by atoms with van der Waals surface area (Å²) in [5.74, 6) is -0.350. The number of hydrogen-bond donors (Lipinski definition) is 1. The van der Waals surface area contributed by atoms with E-state index in [0.717, 1.165) is 17.4 Å². The number of alkyl halides is 3. The maximum absolute atomic E-state index is 13.0. The molecule has 0 aliphatic carbocycles. The summed E-state index contributed by atoms with van der Waals surface area (Å²) in [5, 5.41) is 14.4. The topological polar surface area (TPSA) is 84.4 Å². The molecular formula is C17H20F3N7O. The summed E-state index contributed by atoms with van der Waals surface area (Å²) >= 11 is 0. The van der Waals surface area contributed by atoms with E-state index >= 15 is 0 Å². The Morgan fingerprint density at radius 2 is 2.07 bits per heavy atom. The summed E-state index contributed by atoms with van der Waals surface area (Å²) in [4.78, 5) is 13.7. The first-order valence-corrected chi connectivity index (χ1v) is 8.96. The fourth-order valence-electron chi connectivity index (χ4n) is 3.66. The predicted molar refractivity (Wildman–Crippen MR) is 93.6 cm³/mol. The Labute approximate surface area is 158 Å². The number of aliphatic hydroxyl groups excluding tert-OH is 1. The molecule has 1 aliphatic heterocycles. The molecule has 3 aromatic rings. The highest BCUT2D eigenvalue weighted by molar-refractivity contribution is 5.48. The normalized spacial score (nSPS) is 19.4. The van der Waals surface area contributed by atoms with E-state index < -0.39 is 18.1 Å². The highest BCUT2D eigenvalue weighted by atomic mass is 19.4. The number of aromatic nitrogens is 6. The zero-order valence-electron chi connectivity index (χ0n) is 15.4. The van der Waals surface area contributed by atoms with E-state index in [4.69, 9.17) is 0 Å². The fraction of sp³-hybridized carbons (Fsp3) is 0.529. The quantitative estimate of drug-likeness (QED) is 0.732. The van der Waals surface area contributed by atoms with Gasteiger partial charge in [-0.25, -0.2) is 9.97 Å². The van der Waals surface area contributed by atoms with Gasteiger partial charge < -0.3 is 14.6 Å². The predicted octanol–water partition coefficient (Wildman–Crippen LogP) is 2.14. The van der Waals surface area contributed by atoms with Crippen molar-refractivity contribution >= 4 is 11.6 Å². The van der Waals surface area contributed by atoms with Gasteiger partial charge in [-0.2, -0.15) is 22.7 Å². The van der Waals surface area contributed by atoms with Gasteiger partial charge in [0.1, 0.15) is 17.7 Å². The first-order valence-electron chi connectivity index (χ1n) is 8.96. The van der Waals surface area contributed by atoms with E-state index in [0.29, 0.717) is 30.4 Å². The molecule has 0 saturated carbocycles. The van der Waals surface area contributed by atoms with Crippen molar-refractivity contribution in [3.05, 3.63) is 35.8 Å². The number of hydrogen-bond acceptors (Lipinski definition) is 6. The number of fused-ring (bicyclic) bond motifs is 1. The van der Waals surface area contributed by atoms with Crippen molar-refractivity contribution < 1.29 is 18.3 Å². The van der Waals surface area contributed by atoms with Crippen LogP contribution in [0.1, 0.15) is 36.3 Å². The molecule has 0 aromatic carbocycles. The second-order valence-electron chi connectivity index (χ2n) is 7.09. The van der Waals surface area contributed by atoms with Crippen molar-refractivity contribution in [2.45, 2.75) is 32.0 Å². The number of halogens is 3. The van der Waals surface area contributed by atoms with Crippen molar-refractivity contribution in [2.75, 3.05) is 18.0 Å². The third kappa shape index (κ3) is 3.30. The Balaban J connectivity index is 1.67. The van der Waals surface area contributed by atoms with Crippen LogP contribution < -0.4 is 4.90 Å². The van der Waals surface area contributed by atoms with Gasteiger partial charge in [-0.05, 0) is 19.8 Å². The smallest absolute Gasteiger partial charge is 0.385 e. The average molecular weight is 395 g/mol. The molecule has 4 heterocycles. The van der Waals surface area contributed by atoms with Crippen LogP contribution in [-0.2, 0) is 13.2 Å². The van der Waals surface area contributed by atoms with Crippen molar-refractivity contribution in [3.8, 4) is 0 Å². The number of aliphatic hydroxyl groups is 1. The number of rotatable bonds is 3. The lowest BCUT2D eigenvalue weighted by Crippen LogP contribution is -2.39. The van der Waals surface area contributed by atoms with Gasteiger partial charge in [0.2, 0.25) is 0 Å². The molecule has 1 N–H and O–H groups in total. The largest absolute Gasteiger partial charge is 0.453 e. The fourth-order valence-corrected chi connectivity index (χ4v) is 3.66. The van der Waals surface area contributed by atoms with Crippen molar-refractivity contribution in [1.82, 2.24) is 29.1 Å². The first-order chi connectivity index (χ1) is 13.2. The van der Waals surface area contributed by atoms with E-state index in [9.17, 15) is 18.3 Å². The molecule has 0 radical (unpaired) electrons. The van der Waals surface area contributed by atoms with Gasteiger partial charge in [-0.1, -0.05) is 0 Å². The molecule has 0 bridgehead atoms. The second-order valence-corrected chi connectivity index (χ2v) is 7.09. The molecule has 2 atom stereocenters. The Morgan fingerprint density at radius 3 is 2.75 bits per heavy atom. The summed E-state index contributed by atoms with van der Waals surface area (Å²) < 4.78 is 42.0. The Hall–Kier alpha value is -2.69. The summed E-state index contributed by atoms with van der Waals surface area (Å²) in [6, 6.07) is 1.69. The van der Waals surface area contributed by atoms with E-state index in [-0.39, 0.29) is 11.7 Å². The molecule has 0 amide bonds. The zero-order valence-corrected chi connectivity index (χ0v) is 15.4. The van der Waals surface area contributed by atoms with Gasteiger partial charge in [-0.15, -0.1) is 5.10 Å². The van der Waals surface area contributed by atoms with Crippen molar-refractivity contribution in [3.63, 3.8) is 0 Å². The van der Waals surface area contributed by atoms with Crippen LogP contribution in [0, 0.1) is 12.8 Å². The highest BCUT2D eigenvalue weighted by Gasteiger charge is 2.37. The van der Waals surface area contributed by atoms with Crippen LogP contribution >= 0.6 is 0 Å². The van der Waals surface area contributed by atoms with Crippen molar-refractivity contribution in [2.24, 2.45) is 13.0 Å². The average Bonchev–Trinajstić information content (AvgIpc) is 3.26. The molecule has 150 valence electrons. The minimum Gasteiger partial charge on any atom is -0.385 e. The molecule has 1 aliphatic rings. The maximum atomic E-state index is 13.0. The summed E-state index contributed by atoms with van der Waals surface area (Å²) in [6.45, 7) is 2.81. The minimum absolute atomic E-state index is 0.0888. The van der Waals surface area contributed by atoms with Gasteiger partial charge in [0.05, 0.1) is 0 Å². The van der Waals surface area contributed by atoms with Crippen LogP contribution in [-0.4, -0.2) is 47.3 Å². The summed E-state index contributed by atoms with van der Waals surface area (Å²) in [7, 11) is 1.82. The number of nitrogens with zero attached hydrogens (tertiary/aromatic N) is 7. The highest BCUT2D eigenvalue weighted by Crippen LogP contribution is 2.32. The molecule has 3 aromatic heterocycles. The Bertz CT molecular complexity index is 996. The van der Waals surface area contributed by atoms with E-state index in [1.807, 2.05) is 11.9 Å². The zero-order chi connectivity index (χ0) is 20.1. The van der Waals surface area contributed by atoms with Gasteiger partial charge in [0, 0.05) is 50.2 Å². The van der Waals surface area contributed by atoms with Crippen LogP contribution in [0.15, 0.2) is 18.5 Å². The molecule has 28 heavy (non-hydrogen) atoms. The molecule has 0 spiro atoms. The Kier molecular flexibility index (Phi) is 4.48. The van der Waals surface area contributed by atoms with Crippen LogP contribution in [0.2, 0.25) is 0 Å². The lowest BCUT2D eigenvalue weighted by molar-refractivity contribution is -0.144. The lowest BCUT2D eigenvalue weighted by atomic mass is 9.92. The Morgan fingerprint density at radius 1 is 1.29 bits per heavy atom. The van der Waals surface area contributed by atoms with Gasteiger partial charge in [0.15, 0.2) is 0 Å². The molecule has 1 fully saturated rings. The molecule has 4 rings (SSSR count). The van der Waals surface area contributed by atoms with Gasteiger partial charge in [0.25, 0.3) is 11.6 Å².